The second-order valence-electron chi connectivity index (χ2n) is 8.61. The minimum Gasteiger partial charge on any atom is -0.347 e. The molecule has 0 saturated heterocycles. The number of pyridine rings is 1. The van der Waals surface area contributed by atoms with Crippen LogP contribution in [0.15, 0.2) is 24.5 Å². The van der Waals surface area contributed by atoms with Gasteiger partial charge >= 0.3 is 0 Å². The van der Waals surface area contributed by atoms with Crippen LogP contribution in [0.5, 0.6) is 0 Å². The first-order chi connectivity index (χ1) is 9.90. The highest BCUT2D eigenvalue weighted by atomic mass is 79.9. The fourth-order valence-electron chi connectivity index (χ4n) is 6.40. The van der Waals surface area contributed by atoms with Gasteiger partial charge in [-0.3, -0.25) is 9.78 Å². The van der Waals surface area contributed by atoms with Gasteiger partial charge in [0, 0.05) is 17.9 Å². The number of aromatic nitrogens is 1. The van der Waals surface area contributed by atoms with E-state index in [2.05, 4.69) is 24.1 Å². The predicted octanol–water partition coefficient (Wildman–Crippen LogP) is 4.14. The van der Waals surface area contributed by atoms with E-state index in [1.54, 1.807) is 12.4 Å². The van der Waals surface area contributed by atoms with Crippen molar-refractivity contribution in [2.45, 2.75) is 57.9 Å². The van der Waals surface area contributed by atoms with Crippen LogP contribution >= 0.6 is 17.0 Å². The Morgan fingerprint density at radius 2 is 1.86 bits per heavy atom. The second-order valence-corrected chi connectivity index (χ2v) is 8.61. The molecule has 22 heavy (non-hydrogen) atoms. The predicted molar refractivity (Wildman–Crippen MR) is 92.2 cm³/mol. The zero-order chi connectivity index (χ0) is 14.7. The van der Waals surface area contributed by atoms with Crippen molar-refractivity contribution >= 4 is 22.9 Å². The number of carbonyl (C=O) groups excluding carboxylic acids is 1. The number of nitrogens with one attached hydrogen (secondary N) is 1. The third-order valence-electron chi connectivity index (χ3n) is 5.93. The van der Waals surface area contributed by atoms with Crippen molar-refractivity contribution in [3.63, 3.8) is 0 Å². The van der Waals surface area contributed by atoms with Gasteiger partial charge in [-0.1, -0.05) is 13.8 Å². The number of halogens is 1. The Bertz CT molecular complexity index is 570. The second kappa shape index (κ2) is 5.05. The smallest absolute Gasteiger partial charge is 0.253 e. The Labute approximate surface area is 143 Å². The van der Waals surface area contributed by atoms with Crippen molar-refractivity contribution in [2.24, 2.45) is 16.7 Å². The summed E-state index contributed by atoms with van der Waals surface area (Å²) in [5, 5.41) is 3.41. The Hall–Kier alpha value is -0.900. The lowest BCUT2D eigenvalue weighted by Crippen LogP contribution is -2.65. The lowest BCUT2D eigenvalue weighted by Gasteiger charge is -2.65. The topological polar surface area (TPSA) is 42.0 Å². The molecule has 1 heterocycles. The maximum absolute atomic E-state index is 12.6. The molecule has 4 saturated carbocycles. The third kappa shape index (κ3) is 2.60. The number of hydrogen-bond donors (Lipinski definition) is 1. The molecular formula is C18H25BrN2O. The number of hydrogen-bond acceptors (Lipinski definition) is 2. The Balaban J connectivity index is 0.00000144. The van der Waals surface area contributed by atoms with E-state index in [9.17, 15) is 4.79 Å². The molecule has 4 fully saturated rings. The molecule has 3 nitrogen and oxygen atoms in total. The van der Waals surface area contributed by atoms with Crippen LogP contribution in [0.3, 0.4) is 0 Å². The number of amides is 1. The molecule has 1 N–H and O–H groups in total. The maximum atomic E-state index is 12.6. The Morgan fingerprint density at radius 3 is 2.41 bits per heavy atom. The molecule has 4 bridgehead atoms. The van der Waals surface area contributed by atoms with Crippen LogP contribution in [-0.4, -0.2) is 16.4 Å². The van der Waals surface area contributed by atoms with Crippen LogP contribution in [0, 0.1) is 16.7 Å². The number of carbonyl (C=O) groups is 1. The highest BCUT2D eigenvalue weighted by Crippen LogP contribution is 2.66. The first-order valence-electron chi connectivity index (χ1n) is 8.12. The minimum absolute atomic E-state index is 0. The molecule has 1 aromatic rings. The summed E-state index contributed by atoms with van der Waals surface area (Å²) in [7, 11) is 0. The third-order valence-corrected chi connectivity index (χ3v) is 5.93. The molecule has 0 aromatic carbocycles. The molecule has 5 rings (SSSR count). The van der Waals surface area contributed by atoms with Crippen LogP contribution in [0.25, 0.3) is 0 Å². The quantitative estimate of drug-likeness (QED) is 0.856. The summed E-state index contributed by atoms with van der Waals surface area (Å²) in [6.45, 7) is 4.86. The number of rotatable bonds is 2. The van der Waals surface area contributed by atoms with Gasteiger partial charge < -0.3 is 5.32 Å². The Morgan fingerprint density at radius 1 is 1.18 bits per heavy atom. The fourth-order valence-corrected chi connectivity index (χ4v) is 6.40. The van der Waals surface area contributed by atoms with Crippen LogP contribution < -0.4 is 5.32 Å². The summed E-state index contributed by atoms with van der Waals surface area (Å²) in [5.41, 5.74) is 1.56. The van der Waals surface area contributed by atoms with E-state index in [1.807, 2.05) is 12.1 Å². The summed E-state index contributed by atoms with van der Waals surface area (Å²) < 4.78 is 0. The van der Waals surface area contributed by atoms with E-state index in [0.29, 0.717) is 16.4 Å². The van der Waals surface area contributed by atoms with Gasteiger partial charge in [-0.15, -0.1) is 17.0 Å². The van der Waals surface area contributed by atoms with Gasteiger partial charge in [0.05, 0.1) is 5.56 Å². The molecular weight excluding hydrogens is 340 g/mol. The summed E-state index contributed by atoms with van der Waals surface area (Å²) in [6.07, 6.45) is 10.9. The number of nitrogens with zero attached hydrogens (tertiary/aromatic N) is 1. The molecule has 2 atom stereocenters. The van der Waals surface area contributed by atoms with Gasteiger partial charge in [0.15, 0.2) is 0 Å². The molecule has 4 aliphatic carbocycles. The lowest BCUT2D eigenvalue weighted by molar-refractivity contribution is -0.114. The molecule has 0 spiro atoms. The molecule has 2 unspecified atom stereocenters. The Kier molecular flexibility index (Phi) is 3.67. The van der Waals surface area contributed by atoms with E-state index in [1.165, 1.54) is 25.7 Å². The van der Waals surface area contributed by atoms with E-state index >= 15 is 0 Å². The first-order valence-corrected chi connectivity index (χ1v) is 8.12. The minimum atomic E-state index is 0. The first kappa shape index (κ1) is 16.0. The van der Waals surface area contributed by atoms with Crippen molar-refractivity contribution in [1.29, 1.82) is 0 Å². The molecule has 0 aliphatic heterocycles. The standard InChI is InChI=1S/C18H24N2O.BrH/c1-16-6-13-7-17(2,10-16)12-18(8-13,11-16)20-15(21)14-4-3-5-19-9-14;/h3-5,9,13H,6-8,10-12H2,1-2H3,(H,20,21);1H. The van der Waals surface area contributed by atoms with E-state index < -0.39 is 0 Å². The lowest BCUT2D eigenvalue weighted by atomic mass is 9.43. The van der Waals surface area contributed by atoms with Gasteiger partial charge in [-0.25, -0.2) is 0 Å². The van der Waals surface area contributed by atoms with Crippen molar-refractivity contribution in [2.75, 3.05) is 0 Å². The average molecular weight is 365 g/mol. The van der Waals surface area contributed by atoms with Crippen LogP contribution in [0.1, 0.15) is 62.7 Å². The molecule has 1 aromatic heterocycles. The summed E-state index contributed by atoms with van der Waals surface area (Å²) >= 11 is 0. The molecule has 120 valence electrons. The molecule has 0 radical (unpaired) electrons. The highest BCUT2D eigenvalue weighted by Gasteiger charge is 2.60. The fraction of sp³-hybridized carbons (Fsp3) is 0.667. The normalized spacial score (nSPS) is 41.8. The average Bonchev–Trinajstić information content (AvgIpc) is 2.34. The van der Waals surface area contributed by atoms with E-state index in [4.69, 9.17) is 0 Å². The van der Waals surface area contributed by atoms with Gasteiger partial charge in [0.25, 0.3) is 5.91 Å². The molecule has 1 amide bonds. The SMILES string of the molecule is Br.CC12CC3CC(C)(C1)CC(NC(=O)c1cccnc1)(C3)C2. The van der Waals surface area contributed by atoms with Gasteiger partial charge in [0.2, 0.25) is 0 Å². The highest BCUT2D eigenvalue weighted by molar-refractivity contribution is 8.93. The summed E-state index contributed by atoms with van der Waals surface area (Å²) in [5.74, 6) is 0.850. The monoisotopic (exact) mass is 364 g/mol. The van der Waals surface area contributed by atoms with Crippen LogP contribution in [0.2, 0.25) is 0 Å². The van der Waals surface area contributed by atoms with Gasteiger partial charge in [0.1, 0.15) is 0 Å². The van der Waals surface area contributed by atoms with Gasteiger partial charge in [-0.05, 0) is 67.4 Å². The summed E-state index contributed by atoms with van der Waals surface area (Å²) in [4.78, 5) is 16.7. The zero-order valence-electron chi connectivity index (χ0n) is 13.4. The molecule has 4 heteroatoms. The van der Waals surface area contributed by atoms with Crippen molar-refractivity contribution in [3.05, 3.63) is 30.1 Å². The zero-order valence-corrected chi connectivity index (χ0v) is 15.1. The van der Waals surface area contributed by atoms with Crippen LogP contribution in [0.4, 0.5) is 0 Å². The van der Waals surface area contributed by atoms with Crippen molar-refractivity contribution < 1.29 is 4.79 Å². The van der Waals surface area contributed by atoms with Crippen LogP contribution in [-0.2, 0) is 0 Å². The van der Waals surface area contributed by atoms with Gasteiger partial charge in [-0.2, -0.15) is 0 Å². The van der Waals surface area contributed by atoms with E-state index in [-0.39, 0.29) is 28.4 Å². The maximum Gasteiger partial charge on any atom is 0.253 e. The van der Waals surface area contributed by atoms with E-state index in [0.717, 1.165) is 18.8 Å². The van der Waals surface area contributed by atoms with Crippen molar-refractivity contribution in [3.8, 4) is 0 Å². The largest absolute Gasteiger partial charge is 0.347 e. The molecule has 4 aliphatic rings. The summed E-state index contributed by atoms with van der Waals surface area (Å²) in [6, 6.07) is 3.68. The van der Waals surface area contributed by atoms with Crippen molar-refractivity contribution in [1.82, 2.24) is 10.3 Å².